The Morgan fingerprint density at radius 2 is 2.17 bits per heavy atom. The Hall–Kier alpha value is -0.580. The number of hydrogen-bond donors (Lipinski definition) is 2. The predicted octanol–water partition coefficient (Wildman–Crippen LogP) is 3.21. The summed E-state index contributed by atoms with van der Waals surface area (Å²) in [6.07, 6.45) is 0.858. The molecule has 0 heterocycles. The van der Waals surface area contributed by atoms with Crippen LogP contribution in [0.5, 0.6) is 0 Å². The van der Waals surface area contributed by atoms with Gasteiger partial charge in [0.1, 0.15) is 0 Å². The third-order valence-corrected chi connectivity index (χ3v) is 3.36. The van der Waals surface area contributed by atoms with E-state index < -0.39 is 0 Å². The first-order valence-electron chi connectivity index (χ1n) is 5.90. The highest BCUT2D eigenvalue weighted by Gasteiger charge is 2.16. The molecular weight excluding hydrogens is 316 g/mol. The molecule has 1 amide bonds. The van der Waals surface area contributed by atoms with E-state index in [4.69, 9.17) is 17.3 Å². The Morgan fingerprint density at radius 3 is 2.67 bits per heavy atom. The summed E-state index contributed by atoms with van der Waals surface area (Å²) in [6, 6.07) is 5.18. The van der Waals surface area contributed by atoms with Crippen LogP contribution in [-0.2, 0) is 0 Å². The standard InChI is InChI=1S/C13H18BrClN2O/c1-8(2)5-10(7-16)17-13(18)11-4-3-9(14)6-12(11)15/h3-4,6,8,10H,5,7,16H2,1-2H3,(H,17,18). The summed E-state index contributed by atoms with van der Waals surface area (Å²) in [5, 5.41) is 3.34. The second-order valence-electron chi connectivity index (χ2n) is 4.66. The maximum absolute atomic E-state index is 12.1. The molecule has 3 nitrogen and oxygen atoms in total. The Balaban J connectivity index is 2.74. The third-order valence-electron chi connectivity index (χ3n) is 2.55. The number of nitrogens with one attached hydrogen (secondary N) is 1. The van der Waals surface area contributed by atoms with Gasteiger partial charge in [-0.1, -0.05) is 41.4 Å². The Bertz CT molecular complexity index is 423. The van der Waals surface area contributed by atoms with E-state index in [0.717, 1.165) is 10.9 Å². The first-order valence-corrected chi connectivity index (χ1v) is 7.07. The van der Waals surface area contributed by atoms with Gasteiger partial charge in [-0.2, -0.15) is 0 Å². The summed E-state index contributed by atoms with van der Waals surface area (Å²) in [7, 11) is 0. The number of nitrogens with two attached hydrogens (primary N) is 1. The van der Waals surface area contributed by atoms with Crippen molar-refractivity contribution in [3.8, 4) is 0 Å². The first-order chi connectivity index (χ1) is 8.43. The molecule has 100 valence electrons. The van der Waals surface area contributed by atoms with E-state index in [0.29, 0.717) is 23.0 Å². The zero-order valence-electron chi connectivity index (χ0n) is 10.5. The molecule has 0 aliphatic heterocycles. The van der Waals surface area contributed by atoms with Gasteiger partial charge in [0.25, 0.3) is 5.91 Å². The molecule has 3 N–H and O–H groups in total. The minimum atomic E-state index is -0.177. The van der Waals surface area contributed by atoms with Gasteiger partial charge < -0.3 is 11.1 Å². The van der Waals surface area contributed by atoms with Crippen molar-refractivity contribution in [2.24, 2.45) is 11.7 Å². The van der Waals surface area contributed by atoms with E-state index in [1.165, 1.54) is 0 Å². The van der Waals surface area contributed by atoms with Gasteiger partial charge in [0.15, 0.2) is 0 Å². The van der Waals surface area contributed by atoms with Crippen molar-refractivity contribution in [2.45, 2.75) is 26.3 Å². The van der Waals surface area contributed by atoms with Gasteiger partial charge in [0.05, 0.1) is 10.6 Å². The summed E-state index contributed by atoms with van der Waals surface area (Å²) in [5.74, 6) is 0.308. The van der Waals surface area contributed by atoms with Crippen molar-refractivity contribution >= 4 is 33.4 Å². The van der Waals surface area contributed by atoms with Gasteiger partial charge in [-0.05, 0) is 30.5 Å². The third kappa shape index (κ3) is 4.59. The highest BCUT2D eigenvalue weighted by atomic mass is 79.9. The number of amides is 1. The summed E-state index contributed by atoms with van der Waals surface area (Å²) < 4.78 is 0.849. The molecule has 0 aromatic heterocycles. The predicted molar refractivity (Wildman–Crippen MR) is 78.9 cm³/mol. The van der Waals surface area contributed by atoms with E-state index in [1.54, 1.807) is 18.2 Å². The van der Waals surface area contributed by atoms with Crippen molar-refractivity contribution in [2.75, 3.05) is 6.54 Å². The number of carbonyl (C=O) groups excluding carboxylic acids is 1. The molecular formula is C13H18BrClN2O. The average Bonchev–Trinajstić information content (AvgIpc) is 2.27. The number of halogens is 2. The second kappa shape index (κ2) is 7.12. The van der Waals surface area contributed by atoms with Gasteiger partial charge in [-0.25, -0.2) is 0 Å². The molecule has 0 bridgehead atoms. The Labute approximate surface area is 121 Å². The van der Waals surface area contributed by atoms with Gasteiger partial charge in [0, 0.05) is 17.1 Å². The molecule has 1 unspecified atom stereocenters. The molecule has 18 heavy (non-hydrogen) atoms. The maximum Gasteiger partial charge on any atom is 0.253 e. The van der Waals surface area contributed by atoms with Crippen LogP contribution < -0.4 is 11.1 Å². The number of hydrogen-bond acceptors (Lipinski definition) is 2. The van der Waals surface area contributed by atoms with E-state index in [-0.39, 0.29) is 11.9 Å². The SMILES string of the molecule is CC(C)CC(CN)NC(=O)c1ccc(Br)cc1Cl. The average molecular weight is 334 g/mol. The molecule has 0 saturated carbocycles. The topological polar surface area (TPSA) is 55.1 Å². The van der Waals surface area contributed by atoms with Gasteiger partial charge in [0.2, 0.25) is 0 Å². The lowest BCUT2D eigenvalue weighted by atomic mass is 10.0. The summed E-state index contributed by atoms with van der Waals surface area (Å²) in [6.45, 7) is 4.63. The van der Waals surface area contributed by atoms with Crippen molar-refractivity contribution in [1.29, 1.82) is 0 Å². The minimum Gasteiger partial charge on any atom is -0.348 e. The monoisotopic (exact) mass is 332 g/mol. The lowest BCUT2D eigenvalue weighted by molar-refractivity contribution is 0.0934. The highest BCUT2D eigenvalue weighted by molar-refractivity contribution is 9.10. The summed E-state index contributed by atoms with van der Waals surface area (Å²) >= 11 is 9.34. The van der Waals surface area contributed by atoms with Crippen molar-refractivity contribution in [3.63, 3.8) is 0 Å². The highest BCUT2D eigenvalue weighted by Crippen LogP contribution is 2.21. The molecule has 0 aliphatic rings. The number of benzene rings is 1. The van der Waals surface area contributed by atoms with Crippen LogP contribution in [0.25, 0.3) is 0 Å². The van der Waals surface area contributed by atoms with Crippen LogP contribution >= 0.6 is 27.5 Å². The van der Waals surface area contributed by atoms with Crippen LogP contribution in [0.15, 0.2) is 22.7 Å². The van der Waals surface area contributed by atoms with Crippen LogP contribution in [0.1, 0.15) is 30.6 Å². The normalized spacial score (nSPS) is 12.6. The summed E-state index contributed by atoms with van der Waals surface area (Å²) in [4.78, 5) is 12.1. The van der Waals surface area contributed by atoms with Crippen LogP contribution in [0.4, 0.5) is 0 Å². The molecule has 1 aromatic carbocycles. The lowest BCUT2D eigenvalue weighted by Crippen LogP contribution is -2.41. The van der Waals surface area contributed by atoms with Crippen molar-refractivity contribution in [1.82, 2.24) is 5.32 Å². The van der Waals surface area contributed by atoms with E-state index >= 15 is 0 Å². The summed E-state index contributed by atoms with van der Waals surface area (Å²) in [5.41, 5.74) is 6.13. The molecule has 1 rings (SSSR count). The zero-order chi connectivity index (χ0) is 13.7. The Morgan fingerprint density at radius 1 is 1.50 bits per heavy atom. The smallest absolute Gasteiger partial charge is 0.253 e. The fraction of sp³-hybridized carbons (Fsp3) is 0.462. The van der Waals surface area contributed by atoms with Crippen LogP contribution in [0.2, 0.25) is 5.02 Å². The van der Waals surface area contributed by atoms with Crippen molar-refractivity contribution < 1.29 is 4.79 Å². The van der Waals surface area contributed by atoms with Crippen LogP contribution in [-0.4, -0.2) is 18.5 Å². The molecule has 1 aromatic rings. The van der Waals surface area contributed by atoms with Gasteiger partial charge in [-0.15, -0.1) is 0 Å². The molecule has 0 radical (unpaired) electrons. The van der Waals surface area contributed by atoms with Crippen molar-refractivity contribution in [3.05, 3.63) is 33.3 Å². The minimum absolute atomic E-state index is 0.0165. The van der Waals surface area contributed by atoms with E-state index in [1.807, 2.05) is 0 Å². The van der Waals surface area contributed by atoms with Gasteiger partial charge >= 0.3 is 0 Å². The van der Waals surface area contributed by atoms with Crippen LogP contribution in [0, 0.1) is 5.92 Å². The van der Waals surface area contributed by atoms with Crippen LogP contribution in [0.3, 0.4) is 0 Å². The molecule has 0 aliphatic carbocycles. The number of carbonyl (C=O) groups is 1. The quantitative estimate of drug-likeness (QED) is 0.869. The Kier molecular flexibility index (Phi) is 6.12. The molecule has 1 atom stereocenters. The fourth-order valence-corrected chi connectivity index (χ4v) is 2.48. The second-order valence-corrected chi connectivity index (χ2v) is 5.98. The largest absolute Gasteiger partial charge is 0.348 e. The van der Waals surface area contributed by atoms with Gasteiger partial charge in [-0.3, -0.25) is 4.79 Å². The maximum atomic E-state index is 12.1. The van der Waals surface area contributed by atoms with E-state index in [9.17, 15) is 4.79 Å². The zero-order valence-corrected chi connectivity index (χ0v) is 12.9. The lowest BCUT2D eigenvalue weighted by Gasteiger charge is -2.19. The molecule has 5 heteroatoms. The van der Waals surface area contributed by atoms with E-state index in [2.05, 4.69) is 35.1 Å². The molecule has 0 saturated heterocycles. The fourth-order valence-electron chi connectivity index (χ4n) is 1.72. The molecule has 0 fully saturated rings. The molecule has 0 spiro atoms. The number of rotatable bonds is 5. The first kappa shape index (κ1) is 15.5.